The lowest BCUT2D eigenvalue weighted by Crippen LogP contribution is -2.49. The largest absolute Gasteiger partial charge is 0.315 e. The molecule has 1 fully saturated rings. The number of nitriles is 1. The maximum Gasteiger partial charge on any atom is 0.0952 e. The Labute approximate surface area is 80.7 Å². The zero-order valence-electron chi connectivity index (χ0n) is 8.58. The second kappa shape index (κ2) is 5.21. The van der Waals surface area contributed by atoms with Crippen LogP contribution in [0.5, 0.6) is 0 Å². The van der Waals surface area contributed by atoms with Crippen molar-refractivity contribution in [3.63, 3.8) is 0 Å². The Morgan fingerprint density at radius 2 is 2.46 bits per heavy atom. The van der Waals surface area contributed by atoms with Crippen molar-refractivity contribution < 1.29 is 0 Å². The molecule has 0 amide bonds. The normalized spacial score (nSPS) is 25.5. The van der Waals surface area contributed by atoms with E-state index in [0.29, 0.717) is 6.04 Å². The van der Waals surface area contributed by atoms with Crippen LogP contribution in [0.1, 0.15) is 26.7 Å². The minimum Gasteiger partial charge on any atom is -0.315 e. The van der Waals surface area contributed by atoms with Crippen LogP contribution in [-0.2, 0) is 0 Å². The first-order chi connectivity index (χ1) is 6.29. The predicted molar refractivity (Wildman–Crippen MR) is 53.3 cm³/mol. The number of rotatable bonds is 3. The first kappa shape index (κ1) is 10.5. The molecule has 1 N–H and O–H groups in total. The van der Waals surface area contributed by atoms with E-state index in [1.807, 2.05) is 6.92 Å². The van der Waals surface area contributed by atoms with E-state index in [9.17, 15) is 0 Å². The summed E-state index contributed by atoms with van der Waals surface area (Å²) in [6.07, 6.45) is 2.46. The fourth-order valence-corrected chi connectivity index (χ4v) is 2.04. The zero-order valence-corrected chi connectivity index (χ0v) is 8.58. The molecule has 1 heterocycles. The summed E-state index contributed by atoms with van der Waals surface area (Å²) < 4.78 is 0. The van der Waals surface area contributed by atoms with Gasteiger partial charge in [-0.2, -0.15) is 5.26 Å². The van der Waals surface area contributed by atoms with Gasteiger partial charge in [-0.05, 0) is 32.9 Å². The fourth-order valence-electron chi connectivity index (χ4n) is 2.04. The second-order valence-electron chi connectivity index (χ2n) is 3.64. The number of hydrogen-bond donors (Lipinski definition) is 1. The van der Waals surface area contributed by atoms with Crippen LogP contribution in [0.4, 0.5) is 0 Å². The number of piperidine rings is 1. The standard InChI is InChI=1S/C10H19N3/c1-3-13(9(2)7-11)10-5-4-6-12-8-10/h9-10,12H,3-6,8H2,1-2H3. The van der Waals surface area contributed by atoms with E-state index in [2.05, 4.69) is 23.2 Å². The number of nitrogens with zero attached hydrogens (tertiary/aromatic N) is 2. The molecule has 0 saturated carbocycles. The maximum absolute atomic E-state index is 8.85. The van der Waals surface area contributed by atoms with Crippen molar-refractivity contribution in [1.82, 2.24) is 10.2 Å². The molecule has 3 nitrogen and oxygen atoms in total. The Hall–Kier alpha value is -0.590. The Kier molecular flexibility index (Phi) is 4.20. The van der Waals surface area contributed by atoms with E-state index < -0.39 is 0 Å². The van der Waals surface area contributed by atoms with Gasteiger partial charge in [0.05, 0.1) is 12.1 Å². The lowest BCUT2D eigenvalue weighted by atomic mass is 10.0. The molecule has 1 aliphatic heterocycles. The third-order valence-electron chi connectivity index (χ3n) is 2.79. The average molecular weight is 181 g/mol. The third-order valence-corrected chi connectivity index (χ3v) is 2.79. The monoisotopic (exact) mass is 181 g/mol. The Bertz CT molecular complexity index is 179. The fraction of sp³-hybridized carbons (Fsp3) is 0.900. The first-order valence-electron chi connectivity index (χ1n) is 5.15. The van der Waals surface area contributed by atoms with Gasteiger partial charge in [0.2, 0.25) is 0 Å². The van der Waals surface area contributed by atoms with Crippen LogP contribution in [0.2, 0.25) is 0 Å². The summed E-state index contributed by atoms with van der Waals surface area (Å²) in [5.74, 6) is 0. The van der Waals surface area contributed by atoms with Crippen molar-refractivity contribution in [2.24, 2.45) is 0 Å². The predicted octanol–water partition coefficient (Wildman–Crippen LogP) is 0.972. The maximum atomic E-state index is 8.85. The van der Waals surface area contributed by atoms with Crippen LogP contribution in [-0.4, -0.2) is 36.6 Å². The van der Waals surface area contributed by atoms with Gasteiger partial charge in [-0.1, -0.05) is 6.92 Å². The van der Waals surface area contributed by atoms with Crippen LogP contribution >= 0.6 is 0 Å². The summed E-state index contributed by atoms with van der Waals surface area (Å²) >= 11 is 0. The van der Waals surface area contributed by atoms with E-state index >= 15 is 0 Å². The van der Waals surface area contributed by atoms with E-state index in [4.69, 9.17) is 5.26 Å². The minimum absolute atomic E-state index is 0.0508. The highest BCUT2D eigenvalue weighted by molar-refractivity contribution is 4.92. The SMILES string of the molecule is CCN(C(C)C#N)C1CCCNC1. The summed E-state index contributed by atoms with van der Waals surface area (Å²) in [7, 11) is 0. The van der Waals surface area contributed by atoms with Crippen molar-refractivity contribution in [2.45, 2.75) is 38.8 Å². The van der Waals surface area contributed by atoms with Crippen molar-refractivity contribution in [2.75, 3.05) is 19.6 Å². The van der Waals surface area contributed by atoms with E-state index in [1.54, 1.807) is 0 Å². The second-order valence-corrected chi connectivity index (χ2v) is 3.64. The smallest absolute Gasteiger partial charge is 0.0952 e. The van der Waals surface area contributed by atoms with Crippen LogP contribution in [0, 0.1) is 11.3 Å². The quantitative estimate of drug-likeness (QED) is 0.705. The molecule has 1 saturated heterocycles. The molecule has 0 aliphatic carbocycles. The van der Waals surface area contributed by atoms with Crippen molar-refractivity contribution in [3.8, 4) is 6.07 Å². The van der Waals surface area contributed by atoms with Gasteiger partial charge < -0.3 is 5.32 Å². The third kappa shape index (κ3) is 2.68. The summed E-state index contributed by atoms with van der Waals surface area (Å²) in [5.41, 5.74) is 0. The van der Waals surface area contributed by atoms with Gasteiger partial charge >= 0.3 is 0 Å². The Morgan fingerprint density at radius 3 is 2.92 bits per heavy atom. The lowest BCUT2D eigenvalue weighted by molar-refractivity contribution is 0.153. The van der Waals surface area contributed by atoms with Crippen molar-refractivity contribution >= 4 is 0 Å². The number of nitrogens with one attached hydrogen (secondary N) is 1. The van der Waals surface area contributed by atoms with E-state index in [0.717, 1.165) is 19.6 Å². The van der Waals surface area contributed by atoms with Gasteiger partial charge in [-0.3, -0.25) is 4.90 Å². The molecule has 0 aromatic rings. The molecule has 2 unspecified atom stereocenters. The molecule has 0 radical (unpaired) electrons. The molecule has 1 rings (SSSR count). The first-order valence-corrected chi connectivity index (χ1v) is 5.15. The van der Waals surface area contributed by atoms with Crippen LogP contribution in [0.3, 0.4) is 0 Å². The molecule has 0 bridgehead atoms. The van der Waals surface area contributed by atoms with Crippen LogP contribution < -0.4 is 5.32 Å². The molecule has 0 aromatic carbocycles. The Morgan fingerprint density at radius 1 is 1.69 bits per heavy atom. The molecule has 0 spiro atoms. The molecule has 13 heavy (non-hydrogen) atoms. The molecule has 0 aromatic heterocycles. The van der Waals surface area contributed by atoms with Gasteiger partial charge in [0.15, 0.2) is 0 Å². The van der Waals surface area contributed by atoms with Gasteiger partial charge in [0.1, 0.15) is 0 Å². The topological polar surface area (TPSA) is 39.1 Å². The summed E-state index contributed by atoms with van der Waals surface area (Å²) in [6, 6.07) is 2.93. The highest BCUT2D eigenvalue weighted by Crippen LogP contribution is 2.12. The zero-order chi connectivity index (χ0) is 9.68. The highest BCUT2D eigenvalue weighted by Gasteiger charge is 2.23. The van der Waals surface area contributed by atoms with Crippen LogP contribution in [0.25, 0.3) is 0 Å². The molecule has 3 heteroatoms. The summed E-state index contributed by atoms with van der Waals surface area (Å²) in [5, 5.41) is 12.2. The minimum atomic E-state index is 0.0508. The van der Waals surface area contributed by atoms with Crippen molar-refractivity contribution in [3.05, 3.63) is 0 Å². The van der Waals surface area contributed by atoms with E-state index in [1.165, 1.54) is 12.8 Å². The van der Waals surface area contributed by atoms with Crippen molar-refractivity contribution in [1.29, 1.82) is 5.26 Å². The van der Waals surface area contributed by atoms with Crippen LogP contribution in [0.15, 0.2) is 0 Å². The summed E-state index contributed by atoms with van der Waals surface area (Å²) in [6.45, 7) is 7.26. The molecule has 1 aliphatic rings. The van der Waals surface area contributed by atoms with Gasteiger partial charge in [0, 0.05) is 12.6 Å². The highest BCUT2D eigenvalue weighted by atomic mass is 15.2. The lowest BCUT2D eigenvalue weighted by Gasteiger charge is -2.35. The number of hydrogen-bond acceptors (Lipinski definition) is 3. The van der Waals surface area contributed by atoms with Gasteiger partial charge in [-0.15, -0.1) is 0 Å². The van der Waals surface area contributed by atoms with Gasteiger partial charge in [0.25, 0.3) is 0 Å². The summed E-state index contributed by atoms with van der Waals surface area (Å²) in [4.78, 5) is 2.28. The molecule has 2 atom stereocenters. The molecular formula is C10H19N3. The number of likely N-dealkylation sites (N-methyl/N-ethyl adjacent to an activating group) is 1. The molecule has 74 valence electrons. The average Bonchev–Trinajstić information content (AvgIpc) is 2.20. The molecular weight excluding hydrogens is 162 g/mol. The Balaban J connectivity index is 2.49. The van der Waals surface area contributed by atoms with Gasteiger partial charge in [-0.25, -0.2) is 0 Å². The van der Waals surface area contributed by atoms with E-state index in [-0.39, 0.29) is 6.04 Å².